The van der Waals surface area contributed by atoms with Gasteiger partial charge in [0, 0.05) is 11.8 Å². The molecule has 0 spiro atoms. The van der Waals surface area contributed by atoms with E-state index >= 15 is 0 Å². The van der Waals surface area contributed by atoms with Gasteiger partial charge in [0.15, 0.2) is 0 Å². The number of hydrogen-bond acceptors (Lipinski definition) is 3. The molecule has 17 heavy (non-hydrogen) atoms. The predicted octanol–water partition coefficient (Wildman–Crippen LogP) is 3.56. The molecule has 2 rings (SSSR count). The molecule has 1 aromatic carbocycles. The molecule has 0 atom stereocenters. The molecule has 0 aliphatic heterocycles. The zero-order valence-corrected chi connectivity index (χ0v) is 10.2. The Morgan fingerprint density at radius 3 is 2.88 bits per heavy atom. The summed E-state index contributed by atoms with van der Waals surface area (Å²) in [4.78, 5) is 11.4. The highest BCUT2D eigenvalue weighted by atomic mass is 16.5. The van der Waals surface area contributed by atoms with Gasteiger partial charge in [-0.05, 0) is 24.6 Å². The van der Waals surface area contributed by atoms with E-state index in [-0.39, 0.29) is 5.97 Å². The van der Waals surface area contributed by atoms with Crippen LogP contribution in [0.3, 0.4) is 0 Å². The number of hydrogen-bond donors (Lipinski definition) is 0. The van der Waals surface area contributed by atoms with Crippen LogP contribution in [0.5, 0.6) is 0 Å². The van der Waals surface area contributed by atoms with E-state index in [1.165, 1.54) is 7.11 Å². The fourth-order valence-electron chi connectivity index (χ4n) is 1.81. The highest BCUT2D eigenvalue weighted by molar-refractivity contribution is 5.93. The number of rotatable bonds is 4. The van der Waals surface area contributed by atoms with Crippen molar-refractivity contribution in [1.29, 1.82) is 0 Å². The van der Waals surface area contributed by atoms with Crippen LogP contribution in [0.4, 0.5) is 0 Å². The van der Waals surface area contributed by atoms with Gasteiger partial charge in [-0.2, -0.15) is 0 Å². The molecule has 0 aliphatic rings. The Hall–Kier alpha value is -1.77. The van der Waals surface area contributed by atoms with E-state index in [1.54, 1.807) is 12.1 Å². The quantitative estimate of drug-likeness (QED) is 0.756. The van der Waals surface area contributed by atoms with Crippen molar-refractivity contribution in [2.24, 2.45) is 0 Å². The average Bonchev–Trinajstić information content (AvgIpc) is 2.76. The lowest BCUT2D eigenvalue weighted by molar-refractivity contribution is 0.0601. The molecule has 3 nitrogen and oxygen atoms in total. The molecule has 0 aliphatic carbocycles. The second kappa shape index (κ2) is 5.04. The van der Waals surface area contributed by atoms with E-state index in [4.69, 9.17) is 4.42 Å². The molecule has 0 unspecified atom stereocenters. The molecule has 3 heteroatoms. The van der Waals surface area contributed by atoms with Crippen molar-refractivity contribution in [2.75, 3.05) is 7.11 Å². The van der Waals surface area contributed by atoms with Crippen LogP contribution in [0.15, 0.2) is 28.7 Å². The minimum Gasteiger partial charge on any atom is -0.465 e. The third-order valence-corrected chi connectivity index (χ3v) is 2.77. The third-order valence-electron chi connectivity index (χ3n) is 2.77. The van der Waals surface area contributed by atoms with Crippen molar-refractivity contribution in [3.63, 3.8) is 0 Å². The number of carbonyl (C=O) groups excluding carboxylic acids is 1. The molecule has 0 saturated carbocycles. The number of esters is 1. The topological polar surface area (TPSA) is 39.4 Å². The first-order valence-electron chi connectivity index (χ1n) is 5.85. The van der Waals surface area contributed by atoms with Crippen LogP contribution in [-0.4, -0.2) is 13.1 Å². The lowest BCUT2D eigenvalue weighted by Gasteiger charge is -1.97. The summed E-state index contributed by atoms with van der Waals surface area (Å²) >= 11 is 0. The minimum atomic E-state index is -0.335. The van der Waals surface area contributed by atoms with Crippen LogP contribution < -0.4 is 0 Å². The zero-order chi connectivity index (χ0) is 12.3. The van der Waals surface area contributed by atoms with Crippen molar-refractivity contribution in [1.82, 2.24) is 0 Å². The van der Waals surface area contributed by atoms with E-state index in [1.807, 2.05) is 12.1 Å². The maximum absolute atomic E-state index is 11.4. The Labute approximate surface area is 100 Å². The highest BCUT2D eigenvalue weighted by Crippen LogP contribution is 2.22. The molecule has 1 aromatic heterocycles. The van der Waals surface area contributed by atoms with Crippen molar-refractivity contribution >= 4 is 16.9 Å². The minimum absolute atomic E-state index is 0.335. The van der Waals surface area contributed by atoms with Crippen molar-refractivity contribution in [3.8, 4) is 0 Å². The summed E-state index contributed by atoms with van der Waals surface area (Å²) in [6.07, 6.45) is 3.20. The summed E-state index contributed by atoms with van der Waals surface area (Å²) < 4.78 is 10.4. The van der Waals surface area contributed by atoms with Gasteiger partial charge in [0.1, 0.15) is 11.3 Å². The van der Waals surface area contributed by atoms with Crippen molar-refractivity contribution in [3.05, 3.63) is 35.6 Å². The summed E-state index contributed by atoms with van der Waals surface area (Å²) in [7, 11) is 1.38. The maximum Gasteiger partial charge on any atom is 0.337 e. The van der Waals surface area contributed by atoms with E-state index < -0.39 is 0 Å². The predicted molar refractivity (Wildman–Crippen MR) is 66.2 cm³/mol. The first-order valence-corrected chi connectivity index (χ1v) is 5.85. The largest absolute Gasteiger partial charge is 0.465 e. The van der Waals surface area contributed by atoms with Gasteiger partial charge in [-0.25, -0.2) is 4.79 Å². The lowest BCUT2D eigenvalue weighted by atomic mass is 10.1. The Balaban J connectivity index is 2.31. The van der Waals surface area contributed by atoms with Gasteiger partial charge in [0.25, 0.3) is 0 Å². The molecule has 0 fully saturated rings. The number of aryl methyl sites for hydroxylation is 1. The van der Waals surface area contributed by atoms with Crippen molar-refractivity contribution in [2.45, 2.75) is 26.2 Å². The summed E-state index contributed by atoms with van der Waals surface area (Å²) in [5.41, 5.74) is 1.27. The first kappa shape index (κ1) is 11.7. The Kier molecular flexibility index (Phi) is 3.47. The summed E-state index contributed by atoms with van der Waals surface area (Å²) in [6, 6.07) is 7.41. The number of ether oxygens (including phenoxy) is 1. The van der Waals surface area contributed by atoms with Crippen LogP contribution >= 0.6 is 0 Å². The molecule has 90 valence electrons. The number of fused-ring (bicyclic) bond motifs is 1. The highest BCUT2D eigenvalue weighted by Gasteiger charge is 2.09. The van der Waals surface area contributed by atoms with Crippen LogP contribution in [-0.2, 0) is 11.2 Å². The molecule has 1 heterocycles. The molecular weight excluding hydrogens is 216 g/mol. The van der Waals surface area contributed by atoms with Gasteiger partial charge in [-0.1, -0.05) is 19.4 Å². The van der Waals surface area contributed by atoms with Gasteiger partial charge in [0.05, 0.1) is 12.7 Å². The van der Waals surface area contributed by atoms with E-state index in [0.29, 0.717) is 5.56 Å². The number of benzene rings is 1. The lowest BCUT2D eigenvalue weighted by Crippen LogP contribution is -1.99. The van der Waals surface area contributed by atoms with Gasteiger partial charge in [-0.15, -0.1) is 0 Å². The molecule has 0 amide bonds. The van der Waals surface area contributed by atoms with Crippen LogP contribution in [0, 0.1) is 0 Å². The van der Waals surface area contributed by atoms with Gasteiger partial charge >= 0.3 is 5.97 Å². The number of furan rings is 1. The number of carbonyl (C=O) groups is 1. The Morgan fingerprint density at radius 1 is 1.35 bits per heavy atom. The second-order valence-electron chi connectivity index (χ2n) is 4.06. The number of unbranched alkanes of at least 4 members (excludes halogenated alkanes) is 1. The Morgan fingerprint density at radius 2 is 2.18 bits per heavy atom. The monoisotopic (exact) mass is 232 g/mol. The van der Waals surface area contributed by atoms with Crippen LogP contribution in [0.2, 0.25) is 0 Å². The normalized spacial score (nSPS) is 10.7. The van der Waals surface area contributed by atoms with E-state index in [0.717, 1.165) is 36.0 Å². The zero-order valence-electron chi connectivity index (χ0n) is 10.2. The van der Waals surface area contributed by atoms with Crippen LogP contribution in [0.1, 0.15) is 35.9 Å². The Bertz CT molecular complexity index is 525. The fourth-order valence-corrected chi connectivity index (χ4v) is 1.81. The summed E-state index contributed by atoms with van der Waals surface area (Å²) in [5.74, 6) is 0.641. The van der Waals surface area contributed by atoms with Gasteiger partial charge < -0.3 is 9.15 Å². The molecule has 0 N–H and O–H groups in total. The molecule has 0 bridgehead atoms. The first-order chi connectivity index (χ1) is 8.24. The smallest absolute Gasteiger partial charge is 0.337 e. The summed E-state index contributed by atoms with van der Waals surface area (Å²) in [5, 5.41) is 1.03. The second-order valence-corrected chi connectivity index (χ2v) is 4.06. The van der Waals surface area contributed by atoms with Gasteiger partial charge in [-0.3, -0.25) is 0 Å². The van der Waals surface area contributed by atoms with E-state index in [2.05, 4.69) is 11.7 Å². The molecule has 0 radical (unpaired) electrons. The maximum atomic E-state index is 11.4. The SMILES string of the molecule is CCCCc1cc2ccc(C(=O)OC)cc2o1. The molecule has 2 aromatic rings. The fraction of sp³-hybridized carbons (Fsp3) is 0.357. The standard InChI is InChI=1S/C14H16O3/c1-3-4-5-12-8-10-6-7-11(14(15)16-2)9-13(10)17-12/h6-9H,3-5H2,1-2H3. The average molecular weight is 232 g/mol. The van der Waals surface area contributed by atoms with Gasteiger partial charge in [0.2, 0.25) is 0 Å². The van der Waals surface area contributed by atoms with Crippen molar-refractivity contribution < 1.29 is 13.9 Å². The third kappa shape index (κ3) is 2.49. The molecular formula is C14H16O3. The number of methoxy groups -OCH3 is 1. The summed E-state index contributed by atoms with van der Waals surface area (Å²) in [6.45, 7) is 2.15. The van der Waals surface area contributed by atoms with E-state index in [9.17, 15) is 4.79 Å². The van der Waals surface area contributed by atoms with Crippen LogP contribution in [0.25, 0.3) is 11.0 Å². The molecule has 0 saturated heterocycles.